The number of carbonyl (C=O) groups is 3. The predicted molar refractivity (Wildman–Crippen MR) is 344 cm³/mol. The van der Waals surface area contributed by atoms with Gasteiger partial charge in [0.05, 0.1) is 0 Å². The fourth-order valence-electron chi connectivity index (χ4n) is 9.63. The largest absolute Gasteiger partial charge is 0.462 e. The number of allylic oxidation sites excluding steroid dienone is 16. The summed E-state index contributed by atoms with van der Waals surface area (Å²) in [6, 6.07) is 0. The van der Waals surface area contributed by atoms with Crippen LogP contribution in [0.25, 0.3) is 0 Å². The van der Waals surface area contributed by atoms with Crippen LogP contribution in [0.4, 0.5) is 0 Å². The first-order valence-corrected chi connectivity index (χ1v) is 33.7. The molecule has 0 aliphatic rings. The zero-order valence-electron chi connectivity index (χ0n) is 52.1. The summed E-state index contributed by atoms with van der Waals surface area (Å²) in [7, 11) is 0. The second-order valence-corrected chi connectivity index (χ2v) is 22.3. The van der Waals surface area contributed by atoms with Gasteiger partial charge in [-0.3, -0.25) is 14.4 Å². The first kappa shape index (κ1) is 75.3. The van der Waals surface area contributed by atoms with E-state index in [9.17, 15) is 14.4 Å². The lowest BCUT2D eigenvalue weighted by molar-refractivity contribution is -0.166. The van der Waals surface area contributed by atoms with E-state index in [1.54, 1.807) is 0 Å². The van der Waals surface area contributed by atoms with Crippen molar-refractivity contribution >= 4 is 17.9 Å². The smallest absolute Gasteiger partial charge is 0.306 e. The predicted octanol–water partition coefficient (Wildman–Crippen LogP) is 23.2. The van der Waals surface area contributed by atoms with Crippen molar-refractivity contribution in [2.24, 2.45) is 0 Å². The third kappa shape index (κ3) is 65.0. The van der Waals surface area contributed by atoms with Gasteiger partial charge in [-0.2, -0.15) is 0 Å². The molecule has 0 rings (SSSR count). The van der Waals surface area contributed by atoms with Gasteiger partial charge in [-0.05, 0) is 83.5 Å². The molecule has 0 aliphatic heterocycles. The monoisotopic (exact) mass is 1100 g/mol. The lowest BCUT2D eigenvalue weighted by Crippen LogP contribution is -2.30. The first-order valence-electron chi connectivity index (χ1n) is 33.7. The summed E-state index contributed by atoms with van der Waals surface area (Å²) in [5, 5.41) is 0. The molecule has 1 atom stereocenters. The Kier molecular flexibility index (Phi) is 63.7. The van der Waals surface area contributed by atoms with Crippen molar-refractivity contribution in [2.45, 2.75) is 335 Å². The van der Waals surface area contributed by atoms with Gasteiger partial charge in [0, 0.05) is 19.3 Å². The van der Waals surface area contributed by atoms with Crippen molar-refractivity contribution in [1.29, 1.82) is 0 Å². The maximum absolute atomic E-state index is 12.8. The van der Waals surface area contributed by atoms with E-state index in [1.807, 2.05) is 6.08 Å². The van der Waals surface area contributed by atoms with Crippen molar-refractivity contribution in [3.63, 3.8) is 0 Å². The Hall–Kier alpha value is -3.67. The summed E-state index contributed by atoms with van der Waals surface area (Å²) >= 11 is 0. The Labute approximate surface area is 489 Å². The van der Waals surface area contributed by atoms with Crippen LogP contribution in [0.1, 0.15) is 329 Å². The molecule has 0 bridgehead atoms. The van der Waals surface area contributed by atoms with Gasteiger partial charge >= 0.3 is 17.9 Å². The molecule has 0 amide bonds. The van der Waals surface area contributed by atoms with E-state index < -0.39 is 6.10 Å². The van der Waals surface area contributed by atoms with E-state index in [-0.39, 0.29) is 44.0 Å². The second kappa shape index (κ2) is 66.8. The van der Waals surface area contributed by atoms with Gasteiger partial charge in [0.15, 0.2) is 6.10 Å². The average Bonchev–Trinajstić information content (AvgIpc) is 3.45. The van der Waals surface area contributed by atoms with Crippen LogP contribution >= 0.6 is 0 Å². The number of unbranched alkanes of at least 4 members (excludes halogenated alkanes) is 34. The molecule has 0 aromatic carbocycles. The lowest BCUT2D eigenvalue weighted by Gasteiger charge is -2.18. The summed E-state index contributed by atoms with van der Waals surface area (Å²) in [5.74, 6) is -1.03. The molecule has 0 fully saturated rings. The van der Waals surface area contributed by atoms with Crippen molar-refractivity contribution in [3.8, 4) is 0 Å². The first-order chi connectivity index (χ1) is 39.0. The minimum absolute atomic E-state index is 0.115. The van der Waals surface area contributed by atoms with Gasteiger partial charge in [-0.1, -0.05) is 323 Å². The van der Waals surface area contributed by atoms with Gasteiger partial charge in [-0.25, -0.2) is 0 Å². The highest BCUT2D eigenvalue weighted by molar-refractivity contribution is 5.71. The summed E-state index contributed by atoms with van der Waals surface area (Å²) in [6.07, 6.45) is 90.6. The van der Waals surface area contributed by atoms with Crippen LogP contribution in [0.5, 0.6) is 0 Å². The van der Waals surface area contributed by atoms with Crippen LogP contribution in [0.2, 0.25) is 0 Å². The molecule has 79 heavy (non-hydrogen) atoms. The molecule has 0 saturated carbocycles. The number of hydrogen-bond donors (Lipinski definition) is 0. The van der Waals surface area contributed by atoms with Crippen molar-refractivity contribution in [1.82, 2.24) is 0 Å². The van der Waals surface area contributed by atoms with Crippen molar-refractivity contribution in [2.75, 3.05) is 13.2 Å². The number of ether oxygens (including phenoxy) is 3. The Morgan fingerprint density at radius 1 is 0.266 bits per heavy atom. The summed E-state index contributed by atoms with van der Waals surface area (Å²) in [6.45, 7) is 6.34. The maximum atomic E-state index is 12.8. The van der Waals surface area contributed by atoms with E-state index >= 15 is 0 Å². The molecule has 0 spiro atoms. The zero-order valence-corrected chi connectivity index (χ0v) is 52.1. The topological polar surface area (TPSA) is 78.9 Å². The number of esters is 3. The summed E-state index contributed by atoms with van der Waals surface area (Å²) in [5.41, 5.74) is 0. The van der Waals surface area contributed by atoms with E-state index in [4.69, 9.17) is 14.2 Å². The summed E-state index contributed by atoms with van der Waals surface area (Å²) in [4.78, 5) is 38.2. The molecule has 0 heterocycles. The molecule has 6 nitrogen and oxygen atoms in total. The highest BCUT2D eigenvalue weighted by Gasteiger charge is 2.19. The molecule has 0 saturated heterocycles. The molecular weight excluding hydrogens is 973 g/mol. The van der Waals surface area contributed by atoms with Gasteiger partial charge < -0.3 is 14.2 Å². The van der Waals surface area contributed by atoms with Crippen LogP contribution in [0, 0.1) is 0 Å². The van der Waals surface area contributed by atoms with E-state index in [0.717, 1.165) is 83.5 Å². The fraction of sp³-hybridized carbons (Fsp3) is 0.740. The highest BCUT2D eigenvalue weighted by atomic mass is 16.6. The molecule has 1 unspecified atom stereocenters. The van der Waals surface area contributed by atoms with E-state index in [0.29, 0.717) is 19.3 Å². The Morgan fingerprint density at radius 3 is 0.848 bits per heavy atom. The van der Waals surface area contributed by atoms with Crippen LogP contribution in [-0.2, 0) is 28.6 Å². The maximum Gasteiger partial charge on any atom is 0.306 e. The van der Waals surface area contributed by atoms with Gasteiger partial charge in [0.2, 0.25) is 0 Å². The van der Waals surface area contributed by atoms with Crippen molar-refractivity contribution < 1.29 is 28.6 Å². The Balaban J connectivity index is 4.16. The van der Waals surface area contributed by atoms with Gasteiger partial charge in [0.1, 0.15) is 13.2 Å². The van der Waals surface area contributed by atoms with Crippen LogP contribution in [0.15, 0.2) is 97.2 Å². The minimum Gasteiger partial charge on any atom is -0.462 e. The molecule has 0 N–H and O–H groups in total. The quantitative estimate of drug-likeness (QED) is 0.0261. The van der Waals surface area contributed by atoms with E-state index in [2.05, 4.69) is 112 Å². The number of hydrogen-bond acceptors (Lipinski definition) is 6. The highest BCUT2D eigenvalue weighted by Crippen LogP contribution is 2.18. The molecule has 454 valence electrons. The molecule has 0 aliphatic carbocycles. The Morgan fingerprint density at radius 2 is 0.519 bits per heavy atom. The van der Waals surface area contributed by atoms with E-state index in [1.165, 1.54) is 193 Å². The third-order valence-corrected chi connectivity index (χ3v) is 14.6. The van der Waals surface area contributed by atoms with Crippen LogP contribution in [-0.4, -0.2) is 37.2 Å². The third-order valence-electron chi connectivity index (χ3n) is 14.6. The van der Waals surface area contributed by atoms with Crippen LogP contribution in [0.3, 0.4) is 0 Å². The fourth-order valence-corrected chi connectivity index (χ4v) is 9.63. The van der Waals surface area contributed by atoms with Gasteiger partial charge in [0.25, 0.3) is 0 Å². The minimum atomic E-state index is -0.828. The normalized spacial score (nSPS) is 12.7. The molecule has 0 aromatic heterocycles. The number of rotatable bonds is 61. The SMILES string of the molecule is CC/C=C\C/C=C\C/C=C\C/C=C\CCCCC(=O)OC(COC(=O)CC/C=C\C/C=C\C/C=C\C/C=C\CC)COC(=O)CCCCCCCCCCCCCCCCCCCCCCCCCCCCCCCCCCC. The molecule has 6 heteroatoms. The molecule has 0 radical (unpaired) electrons. The standard InChI is InChI=1S/C73H126O6/c1-4-7-10-13-16-19-22-25-27-28-29-30-31-32-33-34-35-36-37-38-39-40-41-42-43-44-46-48-51-54-57-60-63-66-72(75)78-69-70(68-77-71(74)65-62-59-56-53-50-47-24-21-18-15-12-9-6-3)79-73(76)67-64-61-58-55-52-49-45-26-23-20-17-14-11-8-5-2/h8-9,11-12,17-18,20-21,26,45,47,50,52,55-56,59,70H,4-7,10,13-16,19,22-25,27-44,46,48-49,51,53-54,57-58,60-69H2,1-3H3/b11-8-,12-9-,20-17-,21-18-,45-26-,50-47-,55-52-,59-56-. The molecule has 0 aromatic rings. The number of carbonyl (C=O) groups excluding carboxylic acids is 3. The Bertz CT molecular complexity index is 1540. The van der Waals surface area contributed by atoms with Gasteiger partial charge in [-0.15, -0.1) is 0 Å². The summed E-state index contributed by atoms with van der Waals surface area (Å²) < 4.78 is 16.8. The lowest BCUT2D eigenvalue weighted by atomic mass is 10.0. The second-order valence-electron chi connectivity index (χ2n) is 22.3. The zero-order chi connectivity index (χ0) is 57.1. The molecular formula is C73H126O6. The average molecular weight is 1100 g/mol. The van der Waals surface area contributed by atoms with Crippen molar-refractivity contribution in [3.05, 3.63) is 97.2 Å². The van der Waals surface area contributed by atoms with Crippen LogP contribution < -0.4 is 0 Å².